The van der Waals surface area contributed by atoms with Crippen molar-refractivity contribution < 1.29 is 13.2 Å². The number of thioether (sulfide) groups is 1. The number of hydrogen-bond acceptors (Lipinski definition) is 5. The highest BCUT2D eigenvalue weighted by Crippen LogP contribution is 2.21. The van der Waals surface area contributed by atoms with Crippen molar-refractivity contribution in [3.8, 4) is 0 Å². The zero-order valence-electron chi connectivity index (χ0n) is 15.8. The fourth-order valence-corrected chi connectivity index (χ4v) is 3.99. The van der Waals surface area contributed by atoms with Crippen LogP contribution in [0.5, 0.6) is 0 Å². The van der Waals surface area contributed by atoms with Crippen LogP contribution in [0.25, 0.3) is 0 Å². The van der Waals surface area contributed by atoms with Crippen molar-refractivity contribution in [3.05, 3.63) is 54.2 Å². The molecule has 6 nitrogen and oxygen atoms in total. The second-order valence-corrected chi connectivity index (χ2v) is 9.38. The van der Waals surface area contributed by atoms with Gasteiger partial charge in [-0.05, 0) is 24.1 Å². The first-order valence-electron chi connectivity index (χ1n) is 8.70. The van der Waals surface area contributed by atoms with Gasteiger partial charge in [0.25, 0.3) is 0 Å². The number of hydrogen-bond donors (Lipinski definition) is 1. The molecule has 2 rings (SSSR count). The maximum atomic E-state index is 12.3. The van der Waals surface area contributed by atoms with Crippen molar-refractivity contribution in [2.75, 3.05) is 19.8 Å². The van der Waals surface area contributed by atoms with Gasteiger partial charge in [0.15, 0.2) is 0 Å². The first-order chi connectivity index (χ1) is 12.8. The molecule has 0 radical (unpaired) electrons. The second-order valence-electron chi connectivity index (χ2n) is 6.23. The van der Waals surface area contributed by atoms with Crippen LogP contribution in [0.1, 0.15) is 31.4 Å². The number of sulfonamides is 1. The highest BCUT2D eigenvalue weighted by Gasteiger charge is 2.18. The van der Waals surface area contributed by atoms with Gasteiger partial charge in [-0.1, -0.05) is 55.4 Å². The van der Waals surface area contributed by atoms with Gasteiger partial charge in [-0.2, -0.15) is 0 Å². The minimum atomic E-state index is -3.50. The van der Waals surface area contributed by atoms with Crippen molar-refractivity contribution in [3.63, 3.8) is 0 Å². The zero-order valence-corrected chi connectivity index (χ0v) is 17.4. The van der Waals surface area contributed by atoms with Gasteiger partial charge in [0, 0.05) is 20.3 Å². The Morgan fingerprint density at radius 3 is 2.44 bits per heavy atom. The molecule has 1 aromatic heterocycles. The van der Waals surface area contributed by atoms with Crippen LogP contribution >= 0.6 is 11.8 Å². The van der Waals surface area contributed by atoms with Crippen LogP contribution in [0.2, 0.25) is 0 Å². The standard InChI is InChI=1S/C19H25N3O3S2/c1-4-8-17(15-9-6-5-7-10-15)21-18(23)14-26-19-12-11-16(13-20-19)27(24,25)22(2)3/h5-7,9-13,17H,4,8,14H2,1-3H3,(H,21,23)/t17-/m1/s1. The minimum Gasteiger partial charge on any atom is -0.349 e. The summed E-state index contributed by atoms with van der Waals surface area (Å²) in [6.45, 7) is 2.09. The number of nitrogens with zero attached hydrogens (tertiary/aromatic N) is 2. The maximum absolute atomic E-state index is 12.3. The van der Waals surface area contributed by atoms with Crippen molar-refractivity contribution in [1.29, 1.82) is 0 Å². The number of benzene rings is 1. The summed E-state index contributed by atoms with van der Waals surface area (Å²) in [5.41, 5.74) is 1.09. The van der Waals surface area contributed by atoms with E-state index < -0.39 is 10.0 Å². The summed E-state index contributed by atoms with van der Waals surface area (Å²) >= 11 is 1.28. The summed E-state index contributed by atoms with van der Waals surface area (Å²) in [5, 5.41) is 3.67. The molecule has 0 aliphatic carbocycles. The van der Waals surface area contributed by atoms with E-state index in [1.807, 2.05) is 30.3 Å². The fourth-order valence-electron chi connectivity index (χ4n) is 2.49. The van der Waals surface area contributed by atoms with E-state index in [1.165, 1.54) is 38.1 Å². The molecule has 0 spiro atoms. The van der Waals surface area contributed by atoms with Gasteiger partial charge < -0.3 is 5.32 Å². The molecule has 0 fully saturated rings. The van der Waals surface area contributed by atoms with Gasteiger partial charge in [0.1, 0.15) is 4.90 Å². The molecule has 0 aliphatic heterocycles. The number of carbonyl (C=O) groups is 1. The summed E-state index contributed by atoms with van der Waals surface area (Å²) in [6.07, 6.45) is 3.16. The lowest BCUT2D eigenvalue weighted by atomic mass is 10.0. The summed E-state index contributed by atoms with van der Waals surface area (Å²) in [4.78, 5) is 16.6. The summed E-state index contributed by atoms with van der Waals surface area (Å²) in [6, 6.07) is 13.0. The Bertz CT molecular complexity index is 838. The van der Waals surface area contributed by atoms with E-state index in [2.05, 4.69) is 17.2 Å². The number of pyridine rings is 1. The molecule has 0 unspecified atom stereocenters. The Kier molecular flexibility index (Phi) is 7.82. The second kappa shape index (κ2) is 9.87. The van der Waals surface area contributed by atoms with Gasteiger partial charge >= 0.3 is 0 Å². The molecule has 1 amide bonds. The summed E-state index contributed by atoms with van der Waals surface area (Å²) in [7, 11) is -0.548. The SMILES string of the molecule is CCC[C@@H](NC(=O)CSc1ccc(S(=O)(=O)N(C)C)cn1)c1ccccc1. The Balaban J connectivity index is 1.95. The van der Waals surface area contributed by atoms with Crippen LogP contribution < -0.4 is 5.32 Å². The van der Waals surface area contributed by atoms with Crippen LogP contribution in [0.3, 0.4) is 0 Å². The molecular weight excluding hydrogens is 382 g/mol. The maximum Gasteiger partial charge on any atom is 0.244 e. The highest BCUT2D eigenvalue weighted by molar-refractivity contribution is 7.99. The van der Waals surface area contributed by atoms with Crippen LogP contribution in [0.15, 0.2) is 58.6 Å². The molecule has 146 valence electrons. The number of rotatable bonds is 9. The Labute approximate surface area is 165 Å². The van der Waals surface area contributed by atoms with Crippen LogP contribution in [-0.4, -0.2) is 43.5 Å². The average Bonchev–Trinajstić information content (AvgIpc) is 2.67. The third-order valence-electron chi connectivity index (χ3n) is 3.95. The monoisotopic (exact) mass is 407 g/mol. The van der Waals surface area contributed by atoms with E-state index in [0.717, 1.165) is 22.7 Å². The van der Waals surface area contributed by atoms with Gasteiger partial charge in [0.2, 0.25) is 15.9 Å². The molecule has 0 saturated heterocycles. The molecule has 2 aromatic rings. The Morgan fingerprint density at radius 1 is 1.19 bits per heavy atom. The third-order valence-corrected chi connectivity index (χ3v) is 6.70. The van der Waals surface area contributed by atoms with Gasteiger partial charge in [0.05, 0.1) is 16.8 Å². The van der Waals surface area contributed by atoms with Crippen LogP contribution in [0, 0.1) is 0 Å². The Hall–Kier alpha value is -1.90. The number of amides is 1. The Morgan fingerprint density at radius 2 is 1.89 bits per heavy atom. The van der Waals surface area contributed by atoms with Gasteiger partial charge in [-0.15, -0.1) is 0 Å². The molecule has 0 aliphatic rings. The van der Waals surface area contributed by atoms with E-state index in [9.17, 15) is 13.2 Å². The van der Waals surface area contributed by atoms with Crippen LogP contribution in [-0.2, 0) is 14.8 Å². The van der Waals surface area contributed by atoms with Gasteiger partial charge in [-0.25, -0.2) is 17.7 Å². The fraction of sp³-hybridized carbons (Fsp3) is 0.368. The normalized spacial score (nSPS) is 12.7. The van der Waals surface area contributed by atoms with E-state index in [1.54, 1.807) is 6.07 Å². The molecule has 0 saturated carbocycles. The average molecular weight is 408 g/mol. The lowest BCUT2D eigenvalue weighted by molar-refractivity contribution is -0.119. The quantitative estimate of drug-likeness (QED) is 0.646. The molecular formula is C19H25N3O3S2. The van der Waals surface area contributed by atoms with Crippen molar-refractivity contribution in [1.82, 2.24) is 14.6 Å². The lowest BCUT2D eigenvalue weighted by Gasteiger charge is -2.18. The topological polar surface area (TPSA) is 79.4 Å². The molecule has 27 heavy (non-hydrogen) atoms. The first kappa shape index (κ1) is 21.4. The molecule has 1 N–H and O–H groups in total. The number of aromatic nitrogens is 1. The molecule has 1 aromatic carbocycles. The number of nitrogens with one attached hydrogen (secondary N) is 1. The minimum absolute atomic E-state index is 0.00938. The van der Waals surface area contributed by atoms with E-state index >= 15 is 0 Å². The zero-order chi connectivity index (χ0) is 19.9. The number of carbonyl (C=O) groups excluding carboxylic acids is 1. The highest BCUT2D eigenvalue weighted by atomic mass is 32.2. The predicted molar refractivity (Wildman–Crippen MR) is 108 cm³/mol. The van der Waals surface area contributed by atoms with Gasteiger partial charge in [-0.3, -0.25) is 4.79 Å². The van der Waals surface area contributed by atoms with E-state index in [4.69, 9.17) is 0 Å². The van der Waals surface area contributed by atoms with E-state index in [0.29, 0.717) is 5.03 Å². The summed E-state index contributed by atoms with van der Waals surface area (Å²) in [5.74, 6) is 0.147. The molecule has 1 heterocycles. The molecule has 1 atom stereocenters. The van der Waals surface area contributed by atoms with Crippen LogP contribution in [0.4, 0.5) is 0 Å². The van der Waals surface area contributed by atoms with Crippen molar-refractivity contribution >= 4 is 27.7 Å². The first-order valence-corrected chi connectivity index (χ1v) is 11.1. The third kappa shape index (κ3) is 6.05. The largest absolute Gasteiger partial charge is 0.349 e. The van der Waals surface area contributed by atoms with Crippen molar-refractivity contribution in [2.24, 2.45) is 0 Å². The molecule has 8 heteroatoms. The summed E-state index contributed by atoms with van der Waals surface area (Å²) < 4.78 is 25.2. The van der Waals surface area contributed by atoms with E-state index in [-0.39, 0.29) is 22.6 Å². The van der Waals surface area contributed by atoms with Crippen molar-refractivity contribution in [2.45, 2.75) is 35.7 Å². The predicted octanol–water partition coefficient (Wildman–Crippen LogP) is 3.08. The molecule has 0 bridgehead atoms. The lowest BCUT2D eigenvalue weighted by Crippen LogP contribution is -2.29. The smallest absolute Gasteiger partial charge is 0.244 e.